The van der Waals surface area contributed by atoms with Crippen molar-refractivity contribution in [1.29, 1.82) is 0 Å². The van der Waals surface area contributed by atoms with E-state index in [4.69, 9.17) is 9.84 Å². The van der Waals surface area contributed by atoms with Crippen LogP contribution in [0.4, 0.5) is 0 Å². The van der Waals surface area contributed by atoms with E-state index >= 15 is 0 Å². The largest absolute Gasteiger partial charge is 0.481 e. The molecule has 6 nitrogen and oxygen atoms in total. The Hall–Kier alpha value is -1.44. The minimum Gasteiger partial charge on any atom is -0.481 e. The van der Waals surface area contributed by atoms with Gasteiger partial charge in [0.25, 0.3) is 0 Å². The zero-order valence-corrected chi connectivity index (χ0v) is 11.2. The quantitative estimate of drug-likeness (QED) is 0.649. The highest BCUT2D eigenvalue weighted by Crippen LogP contribution is 2.00. The zero-order valence-electron chi connectivity index (χ0n) is 10.4. The number of carboxylic acid groups (broad SMARTS) is 1. The molecule has 0 fully saturated rings. The highest BCUT2D eigenvalue weighted by Gasteiger charge is 2.10. The number of hydrogen-bond acceptors (Lipinski definition) is 4. The fraction of sp³-hybridized carbons (Fsp3) is 0.417. The van der Waals surface area contributed by atoms with Crippen LogP contribution in [0.25, 0.3) is 0 Å². The van der Waals surface area contributed by atoms with E-state index in [1.807, 2.05) is 30.3 Å². The number of nitrogens with one attached hydrogen (secondary N) is 1. The number of benzene rings is 1. The Bertz CT molecular complexity index is 486. The van der Waals surface area contributed by atoms with Crippen LogP contribution in [-0.4, -0.2) is 38.4 Å². The van der Waals surface area contributed by atoms with E-state index in [0.29, 0.717) is 6.61 Å². The second kappa shape index (κ2) is 7.88. The van der Waals surface area contributed by atoms with Gasteiger partial charge >= 0.3 is 5.97 Å². The summed E-state index contributed by atoms with van der Waals surface area (Å²) in [5.74, 6) is -1.22. The van der Waals surface area contributed by atoms with E-state index in [9.17, 15) is 13.2 Å². The normalized spacial score (nSPS) is 11.4. The molecule has 19 heavy (non-hydrogen) atoms. The monoisotopic (exact) mass is 287 g/mol. The van der Waals surface area contributed by atoms with Gasteiger partial charge in [-0.1, -0.05) is 30.3 Å². The van der Waals surface area contributed by atoms with Crippen molar-refractivity contribution in [1.82, 2.24) is 4.72 Å². The topological polar surface area (TPSA) is 92.7 Å². The second-order valence-electron chi connectivity index (χ2n) is 3.90. The summed E-state index contributed by atoms with van der Waals surface area (Å²) >= 11 is 0. The molecule has 0 spiro atoms. The standard InChI is InChI=1S/C12H17NO5S/c14-12(15)6-7-13-19(16,17)9-8-18-10-11-4-2-1-3-5-11/h1-5,13H,6-10H2,(H,14,15). The van der Waals surface area contributed by atoms with Crippen molar-refractivity contribution in [3.63, 3.8) is 0 Å². The molecule has 1 aromatic rings. The van der Waals surface area contributed by atoms with Gasteiger partial charge in [-0.3, -0.25) is 4.79 Å². The van der Waals surface area contributed by atoms with Gasteiger partial charge in [-0.2, -0.15) is 0 Å². The summed E-state index contributed by atoms with van der Waals surface area (Å²) < 4.78 is 30.3. The van der Waals surface area contributed by atoms with Gasteiger partial charge in [0, 0.05) is 6.54 Å². The molecule has 2 N–H and O–H groups in total. The molecule has 0 saturated carbocycles. The molecule has 1 rings (SSSR count). The van der Waals surface area contributed by atoms with Crippen LogP contribution >= 0.6 is 0 Å². The SMILES string of the molecule is O=C(O)CCNS(=O)(=O)CCOCc1ccccc1. The number of sulfonamides is 1. The molecule has 0 amide bonds. The van der Waals surface area contributed by atoms with Crippen LogP contribution < -0.4 is 4.72 Å². The summed E-state index contributed by atoms with van der Waals surface area (Å²) in [6.45, 7) is 0.319. The summed E-state index contributed by atoms with van der Waals surface area (Å²) in [5.41, 5.74) is 0.971. The number of carboxylic acids is 1. The van der Waals surface area contributed by atoms with Gasteiger partial charge in [0.15, 0.2) is 0 Å². The highest BCUT2D eigenvalue weighted by molar-refractivity contribution is 7.89. The molecule has 0 aromatic heterocycles. The first-order valence-corrected chi connectivity index (χ1v) is 7.45. The van der Waals surface area contributed by atoms with Crippen molar-refractivity contribution in [2.24, 2.45) is 0 Å². The second-order valence-corrected chi connectivity index (χ2v) is 5.82. The van der Waals surface area contributed by atoms with E-state index < -0.39 is 16.0 Å². The molecule has 0 heterocycles. The Morgan fingerprint density at radius 3 is 2.58 bits per heavy atom. The molecule has 0 aliphatic heterocycles. The third kappa shape index (κ3) is 7.55. The molecule has 0 aliphatic rings. The number of carbonyl (C=O) groups is 1. The van der Waals surface area contributed by atoms with E-state index in [0.717, 1.165) is 5.56 Å². The van der Waals surface area contributed by atoms with Crippen LogP contribution in [0.1, 0.15) is 12.0 Å². The molecular formula is C12H17NO5S. The van der Waals surface area contributed by atoms with Crippen LogP contribution in [-0.2, 0) is 26.2 Å². The van der Waals surface area contributed by atoms with E-state index in [1.54, 1.807) is 0 Å². The maximum atomic E-state index is 11.4. The molecule has 106 valence electrons. The van der Waals surface area contributed by atoms with Gasteiger partial charge < -0.3 is 9.84 Å². The Morgan fingerprint density at radius 2 is 1.95 bits per heavy atom. The molecular weight excluding hydrogens is 270 g/mol. The Kier molecular flexibility index (Phi) is 6.48. The lowest BCUT2D eigenvalue weighted by molar-refractivity contribution is -0.136. The van der Waals surface area contributed by atoms with Gasteiger partial charge in [-0.15, -0.1) is 0 Å². The average molecular weight is 287 g/mol. The highest BCUT2D eigenvalue weighted by atomic mass is 32.2. The Morgan fingerprint density at radius 1 is 1.26 bits per heavy atom. The van der Waals surface area contributed by atoms with Crippen LogP contribution in [0.2, 0.25) is 0 Å². The number of hydrogen-bond donors (Lipinski definition) is 2. The fourth-order valence-corrected chi connectivity index (χ4v) is 2.21. The molecule has 0 saturated heterocycles. The van der Waals surface area contributed by atoms with Crippen molar-refractivity contribution in [3.8, 4) is 0 Å². The summed E-state index contributed by atoms with van der Waals surface area (Å²) in [5, 5.41) is 8.39. The summed E-state index contributed by atoms with van der Waals surface area (Å²) in [6.07, 6.45) is -0.232. The lowest BCUT2D eigenvalue weighted by atomic mass is 10.2. The predicted octanol–water partition coefficient (Wildman–Crippen LogP) is 0.597. The molecule has 0 aliphatic carbocycles. The molecule has 1 aromatic carbocycles. The van der Waals surface area contributed by atoms with Crippen LogP contribution in [0.5, 0.6) is 0 Å². The molecule has 0 atom stereocenters. The number of ether oxygens (including phenoxy) is 1. The smallest absolute Gasteiger partial charge is 0.304 e. The predicted molar refractivity (Wildman–Crippen MR) is 70.1 cm³/mol. The van der Waals surface area contributed by atoms with Crippen LogP contribution in [0.3, 0.4) is 0 Å². The third-order valence-electron chi connectivity index (χ3n) is 2.27. The van der Waals surface area contributed by atoms with E-state index in [2.05, 4.69) is 4.72 Å². The first-order chi connectivity index (χ1) is 8.99. The van der Waals surface area contributed by atoms with Crippen molar-refractivity contribution in [2.45, 2.75) is 13.0 Å². The van der Waals surface area contributed by atoms with Crippen LogP contribution in [0, 0.1) is 0 Å². The van der Waals surface area contributed by atoms with Crippen molar-refractivity contribution in [3.05, 3.63) is 35.9 Å². The first kappa shape index (κ1) is 15.6. The minimum absolute atomic E-state index is 0.0668. The fourth-order valence-electron chi connectivity index (χ4n) is 1.32. The van der Waals surface area contributed by atoms with Gasteiger partial charge in [0.1, 0.15) is 0 Å². The number of aliphatic carboxylic acids is 1. The van der Waals surface area contributed by atoms with Gasteiger partial charge in [0.2, 0.25) is 10.0 Å². The van der Waals surface area contributed by atoms with Crippen LogP contribution in [0.15, 0.2) is 30.3 Å². The van der Waals surface area contributed by atoms with Crippen molar-refractivity contribution < 1.29 is 23.1 Å². The van der Waals surface area contributed by atoms with Gasteiger partial charge in [-0.25, -0.2) is 13.1 Å². The summed E-state index contributed by atoms with van der Waals surface area (Å²) in [7, 11) is -3.47. The summed E-state index contributed by atoms with van der Waals surface area (Å²) in [4.78, 5) is 10.2. The molecule has 0 radical (unpaired) electrons. The molecule has 0 unspecified atom stereocenters. The van der Waals surface area contributed by atoms with Crippen molar-refractivity contribution >= 4 is 16.0 Å². The van der Waals surface area contributed by atoms with E-state index in [1.165, 1.54) is 0 Å². The Labute approximate surface area is 112 Å². The number of rotatable bonds is 9. The van der Waals surface area contributed by atoms with E-state index in [-0.39, 0.29) is 25.3 Å². The first-order valence-electron chi connectivity index (χ1n) is 5.80. The Balaban J connectivity index is 2.19. The molecule has 7 heteroatoms. The minimum atomic E-state index is -3.47. The molecule has 0 bridgehead atoms. The summed E-state index contributed by atoms with van der Waals surface area (Å²) in [6, 6.07) is 9.42. The third-order valence-corrected chi connectivity index (χ3v) is 3.62. The van der Waals surface area contributed by atoms with Crippen molar-refractivity contribution in [2.75, 3.05) is 18.9 Å². The maximum Gasteiger partial charge on any atom is 0.304 e. The van der Waals surface area contributed by atoms with Gasteiger partial charge in [-0.05, 0) is 5.56 Å². The van der Waals surface area contributed by atoms with Gasteiger partial charge in [0.05, 0.1) is 25.4 Å². The average Bonchev–Trinajstić information content (AvgIpc) is 2.35. The lowest BCUT2D eigenvalue weighted by Gasteiger charge is -2.06. The zero-order chi connectivity index (χ0) is 14.1. The maximum absolute atomic E-state index is 11.4. The lowest BCUT2D eigenvalue weighted by Crippen LogP contribution is -2.30.